The van der Waals surface area contributed by atoms with Gasteiger partial charge in [-0.1, -0.05) is 81.5 Å². The SMILES string of the molecule is C=CCC[C@H](NC(=O)OCC1c2ccccc2-c2ccccc21)C(=O)OC[C@@H](NC(=O)[C@@H](CC=C)CC(=O)N[C@H](C)CO)C(C)(C)C. The van der Waals surface area contributed by atoms with E-state index in [0.717, 1.165) is 22.3 Å². The first-order chi connectivity index (χ1) is 22.4. The van der Waals surface area contributed by atoms with E-state index in [-0.39, 0.29) is 56.8 Å². The molecule has 10 nitrogen and oxygen atoms in total. The zero-order valence-corrected chi connectivity index (χ0v) is 27.9. The minimum atomic E-state index is -0.995. The molecule has 3 rings (SSSR count). The maximum Gasteiger partial charge on any atom is 0.407 e. The number of fused-ring (bicyclic) bond motifs is 3. The first-order valence-electron chi connectivity index (χ1n) is 16.1. The topological polar surface area (TPSA) is 143 Å². The van der Waals surface area contributed by atoms with Gasteiger partial charge in [-0.05, 0) is 53.9 Å². The second-order valence-electron chi connectivity index (χ2n) is 13.0. The summed E-state index contributed by atoms with van der Waals surface area (Å²) >= 11 is 0. The molecular weight excluding hydrogens is 598 g/mol. The van der Waals surface area contributed by atoms with Crippen LogP contribution in [-0.2, 0) is 23.9 Å². The van der Waals surface area contributed by atoms with Gasteiger partial charge in [0, 0.05) is 18.4 Å². The van der Waals surface area contributed by atoms with Crippen LogP contribution in [0.4, 0.5) is 4.79 Å². The molecule has 0 radical (unpaired) electrons. The second kappa shape index (κ2) is 17.5. The Balaban J connectivity index is 1.62. The molecule has 254 valence electrons. The summed E-state index contributed by atoms with van der Waals surface area (Å²) in [4.78, 5) is 51.9. The third-order valence-corrected chi connectivity index (χ3v) is 8.27. The largest absolute Gasteiger partial charge is 0.462 e. The van der Waals surface area contributed by atoms with Gasteiger partial charge >= 0.3 is 12.1 Å². The van der Waals surface area contributed by atoms with Crippen LogP contribution in [0.2, 0.25) is 0 Å². The first-order valence-corrected chi connectivity index (χ1v) is 16.1. The highest BCUT2D eigenvalue weighted by molar-refractivity contribution is 5.86. The monoisotopic (exact) mass is 647 g/mol. The Labute approximate surface area is 278 Å². The average molecular weight is 648 g/mol. The number of ether oxygens (including phenoxy) is 2. The number of nitrogens with one attached hydrogen (secondary N) is 3. The summed E-state index contributed by atoms with van der Waals surface area (Å²) in [6.07, 6.45) is 3.35. The number of aliphatic hydroxyl groups excluding tert-OH is 1. The Morgan fingerprint density at radius 3 is 2.09 bits per heavy atom. The van der Waals surface area contributed by atoms with Crippen LogP contribution in [0, 0.1) is 11.3 Å². The van der Waals surface area contributed by atoms with Gasteiger partial charge in [-0.3, -0.25) is 9.59 Å². The average Bonchev–Trinajstić information content (AvgIpc) is 3.36. The van der Waals surface area contributed by atoms with Crippen molar-refractivity contribution in [2.75, 3.05) is 19.8 Å². The Hall–Kier alpha value is -4.44. The van der Waals surface area contributed by atoms with Crippen LogP contribution < -0.4 is 16.0 Å². The van der Waals surface area contributed by atoms with E-state index in [1.54, 1.807) is 19.1 Å². The smallest absolute Gasteiger partial charge is 0.407 e. The number of carbonyl (C=O) groups excluding carboxylic acids is 4. The molecule has 0 saturated carbocycles. The number of hydrogen-bond acceptors (Lipinski definition) is 7. The molecule has 1 aliphatic rings. The summed E-state index contributed by atoms with van der Waals surface area (Å²) in [5.41, 5.74) is 3.87. The van der Waals surface area contributed by atoms with Crippen LogP contribution in [-0.4, -0.2) is 66.9 Å². The van der Waals surface area contributed by atoms with E-state index >= 15 is 0 Å². The lowest BCUT2D eigenvalue weighted by atomic mass is 9.86. The summed E-state index contributed by atoms with van der Waals surface area (Å²) in [6, 6.07) is 14.0. The van der Waals surface area contributed by atoms with Crippen molar-refractivity contribution in [1.29, 1.82) is 0 Å². The van der Waals surface area contributed by atoms with Crippen molar-refractivity contribution in [3.63, 3.8) is 0 Å². The van der Waals surface area contributed by atoms with Gasteiger partial charge in [0.25, 0.3) is 0 Å². The molecule has 0 unspecified atom stereocenters. The summed E-state index contributed by atoms with van der Waals surface area (Å²) in [7, 11) is 0. The number of alkyl carbamates (subject to hydrolysis) is 1. The van der Waals surface area contributed by atoms with Crippen LogP contribution in [0.1, 0.15) is 70.4 Å². The van der Waals surface area contributed by atoms with E-state index in [1.165, 1.54) is 0 Å². The van der Waals surface area contributed by atoms with Crippen molar-refractivity contribution >= 4 is 23.9 Å². The van der Waals surface area contributed by atoms with Crippen molar-refractivity contribution in [2.24, 2.45) is 11.3 Å². The van der Waals surface area contributed by atoms with Crippen molar-refractivity contribution in [3.05, 3.63) is 85.0 Å². The lowest BCUT2D eigenvalue weighted by Crippen LogP contribution is -2.51. The second-order valence-corrected chi connectivity index (χ2v) is 13.0. The summed E-state index contributed by atoms with van der Waals surface area (Å²) < 4.78 is 11.3. The third kappa shape index (κ3) is 10.5. The number of benzene rings is 2. The van der Waals surface area contributed by atoms with Crippen molar-refractivity contribution in [3.8, 4) is 11.1 Å². The Kier molecular flexibility index (Phi) is 13.8. The molecule has 0 aromatic heterocycles. The Morgan fingerprint density at radius 2 is 1.53 bits per heavy atom. The van der Waals surface area contributed by atoms with Gasteiger partial charge in [0.15, 0.2) is 0 Å². The van der Waals surface area contributed by atoms with Gasteiger partial charge in [-0.2, -0.15) is 0 Å². The fourth-order valence-electron chi connectivity index (χ4n) is 5.47. The minimum absolute atomic E-state index is 0.0907. The van der Waals surface area contributed by atoms with Crippen LogP contribution >= 0.6 is 0 Å². The van der Waals surface area contributed by atoms with Gasteiger partial charge in [0.2, 0.25) is 11.8 Å². The predicted octanol–water partition coefficient (Wildman–Crippen LogP) is 5.01. The van der Waals surface area contributed by atoms with Crippen molar-refractivity contribution in [1.82, 2.24) is 16.0 Å². The molecular formula is C37H49N3O7. The number of carbonyl (C=O) groups is 4. The molecule has 10 heteroatoms. The normalized spacial score (nSPS) is 14.7. The molecule has 0 fully saturated rings. The quantitative estimate of drug-likeness (QED) is 0.140. The molecule has 47 heavy (non-hydrogen) atoms. The molecule has 2 aromatic carbocycles. The highest BCUT2D eigenvalue weighted by Gasteiger charge is 2.33. The molecule has 2 aromatic rings. The lowest BCUT2D eigenvalue weighted by Gasteiger charge is -2.32. The number of hydrogen-bond donors (Lipinski definition) is 4. The number of rotatable bonds is 17. The number of allylic oxidation sites excluding steroid dienone is 2. The maximum absolute atomic E-state index is 13.3. The highest BCUT2D eigenvalue weighted by Crippen LogP contribution is 2.44. The zero-order valence-electron chi connectivity index (χ0n) is 27.9. The van der Waals surface area contributed by atoms with Crippen LogP contribution in [0.25, 0.3) is 11.1 Å². The minimum Gasteiger partial charge on any atom is -0.462 e. The van der Waals surface area contributed by atoms with E-state index in [0.29, 0.717) is 6.42 Å². The number of aliphatic hydroxyl groups is 1. The molecule has 3 amide bonds. The van der Waals surface area contributed by atoms with Gasteiger partial charge in [-0.25, -0.2) is 9.59 Å². The molecule has 0 saturated heterocycles. The van der Waals surface area contributed by atoms with Crippen LogP contribution in [0.15, 0.2) is 73.8 Å². The molecule has 0 aliphatic heterocycles. The highest BCUT2D eigenvalue weighted by atomic mass is 16.6. The lowest BCUT2D eigenvalue weighted by molar-refractivity contribution is -0.148. The number of amides is 3. The van der Waals surface area contributed by atoms with Crippen molar-refractivity contribution < 1.29 is 33.8 Å². The molecule has 0 spiro atoms. The zero-order chi connectivity index (χ0) is 34.6. The van der Waals surface area contributed by atoms with Crippen LogP contribution in [0.5, 0.6) is 0 Å². The van der Waals surface area contributed by atoms with E-state index in [1.807, 2.05) is 57.2 Å². The Morgan fingerprint density at radius 1 is 0.915 bits per heavy atom. The molecule has 0 bridgehead atoms. The number of esters is 1. The maximum atomic E-state index is 13.3. The summed E-state index contributed by atoms with van der Waals surface area (Å²) in [6.45, 7) is 14.5. The molecule has 4 N–H and O–H groups in total. The molecule has 4 atom stereocenters. The van der Waals surface area contributed by atoms with Gasteiger partial charge in [-0.15, -0.1) is 13.2 Å². The summed E-state index contributed by atoms with van der Waals surface area (Å²) in [5, 5.41) is 17.5. The van der Waals surface area contributed by atoms with E-state index < -0.39 is 41.5 Å². The molecule has 0 heterocycles. The van der Waals surface area contributed by atoms with E-state index in [4.69, 9.17) is 9.47 Å². The van der Waals surface area contributed by atoms with Gasteiger partial charge < -0.3 is 30.5 Å². The van der Waals surface area contributed by atoms with Gasteiger partial charge in [0.1, 0.15) is 19.3 Å². The fraction of sp³-hybridized carbons (Fsp3) is 0.459. The first kappa shape index (κ1) is 37.0. The van der Waals surface area contributed by atoms with E-state index in [2.05, 4.69) is 41.2 Å². The third-order valence-electron chi connectivity index (χ3n) is 8.27. The van der Waals surface area contributed by atoms with Crippen LogP contribution in [0.3, 0.4) is 0 Å². The summed E-state index contributed by atoms with van der Waals surface area (Å²) in [5.74, 6) is -2.24. The fourth-order valence-corrected chi connectivity index (χ4v) is 5.47. The predicted molar refractivity (Wildman–Crippen MR) is 181 cm³/mol. The van der Waals surface area contributed by atoms with E-state index in [9.17, 15) is 24.3 Å². The standard InChI is InChI=1S/C37H49N3O7/c1-7-9-19-31(39-36(45)47-22-30-28-17-12-10-15-26(28)27-16-11-13-18-29(27)30)35(44)46-23-32(37(4,5)6)40-34(43)25(14-8-2)20-33(42)38-24(3)21-41/h7-8,10-13,15-18,24-25,30-32,41H,1-2,9,14,19-23H2,3-6H3,(H,38,42)(H,39,45)(H,40,43)/t24-,25+,31+,32-/m1/s1. The van der Waals surface area contributed by atoms with Gasteiger partial charge in [0.05, 0.1) is 18.6 Å². The molecule has 1 aliphatic carbocycles. The Bertz CT molecular complexity index is 1370. The van der Waals surface area contributed by atoms with Crippen molar-refractivity contribution in [2.45, 2.75) is 77.4 Å².